The van der Waals surface area contributed by atoms with Gasteiger partial charge in [-0.2, -0.15) is 5.21 Å². The summed E-state index contributed by atoms with van der Waals surface area (Å²) < 4.78 is 0. The molecule has 12 heteroatoms. The van der Waals surface area contributed by atoms with Crippen LogP contribution in [0.5, 0.6) is 0 Å². The van der Waals surface area contributed by atoms with E-state index in [1.165, 1.54) is 4.90 Å². The molecule has 1 aliphatic carbocycles. The Bertz CT molecular complexity index is 1710. The molecular weight excluding hydrogens is 578 g/mol. The van der Waals surface area contributed by atoms with Crippen molar-refractivity contribution in [2.45, 2.75) is 45.1 Å². The number of nitrogens with zero attached hydrogens (tertiary/aromatic N) is 5. The Morgan fingerprint density at radius 3 is 2.30 bits per heavy atom. The molecule has 1 atom stereocenters. The average molecular weight is 614 g/mol. The third-order valence-electron chi connectivity index (χ3n) is 8.36. The number of aryl methyl sites for hydroxylation is 1. The highest BCUT2D eigenvalue weighted by molar-refractivity contribution is 6.17. The van der Waals surface area contributed by atoms with E-state index in [1.807, 2.05) is 37.3 Å². The molecule has 1 aliphatic rings. The molecule has 5 aromatic rings. The van der Waals surface area contributed by atoms with E-state index < -0.39 is 11.9 Å². The normalized spacial score (nSPS) is 17.2. The number of nitrogens with one attached hydrogen (secondary N) is 2. The molecule has 6 rings (SSSR count). The predicted molar refractivity (Wildman–Crippen MR) is 172 cm³/mol. The van der Waals surface area contributed by atoms with Crippen molar-refractivity contribution in [1.29, 1.82) is 0 Å². The lowest BCUT2D eigenvalue weighted by Gasteiger charge is -2.32. The zero-order valence-electron chi connectivity index (χ0n) is 24.4. The van der Waals surface area contributed by atoms with Gasteiger partial charge in [0.1, 0.15) is 5.82 Å². The molecule has 0 spiro atoms. The molecule has 0 saturated heterocycles. The van der Waals surface area contributed by atoms with Crippen LogP contribution in [0.3, 0.4) is 0 Å². The van der Waals surface area contributed by atoms with Crippen molar-refractivity contribution in [1.82, 2.24) is 30.6 Å². The van der Waals surface area contributed by atoms with Crippen molar-refractivity contribution >= 4 is 40.9 Å². The van der Waals surface area contributed by atoms with Crippen LogP contribution in [0.1, 0.15) is 37.1 Å². The number of benzene rings is 3. The van der Waals surface area contributed by atoms with Crippen LogP contribution >= 0.6 is 12.4 Å². The first-order valence-electron chi connectivity index (χ1n) is 14.6. The van der Waals surface area contributed by atoms with E-state index in [1.54, 1.807) is 24.3 Å². The van der Waals surface area contributed by atoms with Crippen molar-refractivity contribution in [3.8, 4) is 22.5 Å². The van der Waals surface area contributed by atoms with Gasteiger partial charge in [0, 0.05) is 11.5 Å². The minimum Gasteiger partial charge on any atom is -0.342 e. The Hall–Kier alpha value is -4.45. The Labute approximate surface area is 261 Å². The first-order chi connectivity index (χ1) is 20.9. The smallest absolute Gasteiger partial charge is 0.251 e. The predicted octanol–water partition coefficient (Wildman–Crippen LogP) is 4.33. The molecule has 3 aromatic carbocycles. The van der Waals surface area contributed by atoms with Crippen molar-refractivity contribution in [3.63, 3.8) is 0 Å². The standard InChI is InChI=1S/C32H35N9O2.ClH/c1-19-35-28-15-12-25(17-29(28)36-19)22-6-2-20(3-7-22)16-27(34)32(43)41(31(42)24-8-4-21(18-33)5-9-24)26-13-10-23(11-14-26)30-37-39-40-38-30;/h2-3,6-7,10-15,17,21,24,27H,4-5,8-9,16,18,33-34H2,1H3,(H,35,36)(H,37,38,39,40);1H/t21-,24-,27-;/m0./s1. The van der Waals surface area contributed by atoms with Gasteiger partial charge in [-0.15, -0.1) is 22.6 Å². The number of imide groups is 1. The summed E-state index contributed by atoms with van der Waals surface area (Å²) in [6.07, 6.45) is 3.44. The number of nitrogens with two attached hydrogens (primary N) is 2. The molecule has 1 saturated carbocycles. The first kappa shape index (κ1) is 31.0. The third-order valence-corrected chi connectivity index (χ3v) is 8.36. The Morgan fingerprint density at radius 2 is 1.64 bits per heavy atom. The van der Waals surface area contributed by atoms with Crippen LogP contribution in [0.25, 0.3) is 33.5 Å². The van der Waals surface area contributed by atoms with Crippen LogP contribution in [0.4, 0.5) is 5.69 Å². The molecule has 0 bridgehead atoms. The van der Waals surface area contributed by atoms with Crippen LogP contribution in [-0.2, 0) is 16.0 Å². The summed E-state index contributed by atoms with van der Waals surface area (Å²) in [5.41, 5.74) is 18.5. The number of halogens is 1. The summed E-state index contributed by atoms with van der Waals surface area (Å²) in [6, 6.07) is 20.2. The van der Waals surface area contributed by atoms with Gasteiger partial charge >= 0.3 is 0 Å². The monoisotopic (exact) mass is 613 g/mol. The van der Waals surface area contributed by atoms with E-state index in [0.29, 0.717) is 48.8 Å². The zero-order chi connectivity index (χ0) is 29.9. The van der Waals surface area contributed by atoms with Crippen molar-refractivity contribution < 1.29 is 9.59 Å². The van der Waals surface area contributed by atoms with Crippen molar-refractivity contribution in [3.05, 3.63) is 78.1 Å². The van der Waals surface area contributed by atoms with Gasteiger partial charge < -0.3 is 16.5 Å². The Morgan fingerprint density at radius 1 is 0.955 bits per heavy atom. The molecule has 6 N–H and O–H groups in total. The minimum absolute atomic E-state index is 0. The second-order valence-corrected chi connectivity index (χ2v) is 11.3. The topological polar surface area (TPSA) is 173 Å². The molecule has 2 heterocycles. The van der Waals surface area contributed by atoms with Crippen LogP contribution in [0.15, 0.2) is 66.7 Å². The summed E-state index contributed by atoms with van der Waals surface area (Å²) >= 11 is 0. The van der Waals surface area contributed by atoms with Crippen molar-refractivity contribution in [2.75, 3.05) is 11.4 Å². The SMILES string of the molecule is Cc1nc2cc(-c3ccc(C[C@H](N)C(=O)N(c4ccc(-c5nn[nH]n5)cc4)C(=O)[C@H]4CC[C@H](CN)CC4)cc3)ccc2[nH]1.Cl. The molecule has 0 aliphatic heterocycles. The van der Waals surface area contributed by atoms with Gasteiger partial charge in [-0.1, -0.05) is 30.3 Å². The van der Waals surface area contributed by atoms with Crippen LogP contribution in [-0.4, -0.2) is 55.0 Å². The van der Waals surface area contributed by atoms with E-state index >= 15 is 0 Å². The Kier molecular flexibility index (Phi) is 9.48. The third kappa shape index (κ3) is 6.54. The molecule has 11 nitrogen and oxygen atoms in total. The molecule has 2 amide bonds. The molecule has 228 valence electrons. The van der Waals surface area contributed by atoms with Gasteiger partial charge in [-0.05, 0) is 110 Å². The first-order valence-corrected chi connectivity index (χ1v) is 14.6. The maximum absolute atomic E-state index is 13.9. The van der Waals surface area contributed by atoms with Gasteiger partial charge in [0.25, 0.3) is 5.91 Å². The van der Waals surface area contributed by atoms with Crippen LogP contribution < -0.4 is 16.4 Å². The lowest BCUT2D eigenvalue weighted by Crippen LogP contribution is -2.50. The fourth-order valence-electron chi connectivity index (χ4n) is 5.89. The number of H-pyrrole nitrogens is 2. The largest absolute Gasteiger partial charge is 0.342 e. The molecule has 2 aromatic heterocycles. The maximum atomic E-state index is 13.9. The van der Waals surface area contributed by atoms with Gasteiger partial charge in [0.15, 0.2) is 0 Å². The van der Waals surface area contributed by atoms with Gasteiger partial charge in [0.2, 0.25) is 11.7 Å². The number of aromatic amines is 2. The van der Waals surface area contributed by atoms with E-state index in [2.05, 4.69) is 42.7 Å². The molecule has 1 fully saturated rings. The van der Waals surface area contributed by atoms with Gasteiger partial charge in [0.05, 0.1) is 22.8 Å². The van der Waals surface area contributed by atoms with Crippen LogP contribution in [0.2, 0.25) is 0 Å². The van der Waals surface area contributed by atoms with Gasteiger partial charge in [-0.3, -0.25) is 9.59 Å². The number of fused-ring (bicyclic) bond motifs is 1. The number of anilines is 1. The summed E-state index contributed by atoms with van der Waals surface area (Å²) in [5.74, 6) is 0.809. The average Bonchev–Trinajstić information content (AvgIpc) is 3.71. The maximum Gasteiger partial charge on any atom is 0.251 e. The highest BCUT2D eigenvalue weighted by Gasteiger charge is 2.35. The number of hydrogen-bond donors (Lipinski definition) is 4. The van der Waals surface area contributed by atoms with E-state index in [4.69, 9.17) is 11.5 Å². The highest BCUT2D eigenvalue weighted by atomic mass is 35.5. The number of carbonyl (C=O) groups excluding carboxylic acids is 2. The Balaban J connectivity index is 0.00000384. The van der Waals surface area contributed by atoms with Crippen molar-refractivity contribution in [2.24, 2.45) is 23.3 Å². The van der Waals surface area contributed by atoms with Gasteiger partial charge in [-0.25, -0.2) is 9.88 Å². The van der Waals surface area contributed by atoms with E-state index in [9.17, 15) is 9.59 Å². The molecular formula is C32H36ClN9O2. The molecule has 44 heavy (non-hydrogen) atoms. The molecule has 0 unspecified atom stereocenters. The quantitative estimate of drug-likeness (QED) is 0.200. The minimum atomic E-state index is -0.907. The number of carbonyl (C=O) groups is 2. The zero-order valence-corrected chi connectivity index (χ0v) is 25.3. The summed E-state index contributed by atoms with van der Waals surface area (Å²) in [5, 5.41) is 14.0. The lowest BCUT2D eigenvalue weighted by molar-refractivity contribution is -0.130. The lowest BCUT2D eigenvalue weighted by atomic mass is 9.81. The number of amides is 2. The summed E-state index contributed by atoms with van der Waals surface area (Å²) in [6.45, 7) is 2.55. The van der Waals surface area contributed by atoms with E-state index in [-0.39, 0.29) is 24.2 Å². The second kappa shape index (κ2) is 13.5. The molecule has 0 radical (unpaired) electrons. The van der Waals surface area contributed by atoms with Crippen LogP contribution in [0, 0.1) is 18.8 Å². The van der Waals surface area contributed by atoms with E-state index in [0.717, 1.165) is 46.4 Å². The summed E-state index contributed by atoms with van der Waals surface area (Å²) in [4.78, 5) is 36.8. The number of imidazole rings is 1. The number of tetrazole rings is 1. The highest BCUT2D eigenvalue weighted by Crippen LogP contribution is 2.32. The fraction of sp³-hybridized carbons (Fsp3) is 0.312. The number of aromatic nitrogens is 6. The second-order valence-electron chi connectivity index (χ2n) is 11.3. The fourth-order valence-corrected chi connectivity index (χ4v) is 5.89. The number of hydrogen-bond acceptors (Lipinski definition) is 8. The number of rotatable bonds is 8. The summed E-state index contributed by atoms with van der Waals surface area (Å²) in [7, 11) is 0.